The summed E-state index contributed by atoms with van der Waals surface area (Å²) in [6.45, 7) is 5.93. The van der Waals surface area contributed by atoms with Gasteiger partial charge >= 0.3 is 11.7 Å². The number of nitrogens with zero attached hydrogens (tertiary/aromatic N) is 4. The summed E-state index contributed by atoms with van der Waals surface area (Å²) >= 11 is 0. The van der Waals surface area contributed by atoms with Gasteiger partial charge in [0.05, 0.1) is 11.2 Å². The van der Waals surface area contributed by atoms with Gasteiger partial charge in [-0.05, 0) is 81.3 Å². The molecule has 0 spiro atoms. The van der Waals surface area contributed by atoms with E-state index in [1.165, 1.54) is 15.7 Å². The SMILES string of the molecule is CC(C)(N)C(=O)N1CCN(C(=O)Nc2ccn(-c3ccc4c(c3)CC(NCC3CC(N)C3)C4)c(=O)n2)CC1.Cl. The summed E-state index contributed by atoms with van der Waals surface area (Å²) in [5, 5.41) is 6.39. The first kappa shape index (κ1) is 29.0. The molecule has 0 bridgehead atoms. The van der Waals surface area contributed by atoms with Gasteiger partial charge in [0.25, 0.3) is 0 Å². The largest absolute Gasteiger partial charge is 0.354 e. The zero-order valence-electron chi connectivity index (χ0n) is 22.6. The van der Waals surface area contributed by atoms with Gasteiger partial charge in [-0.3, -0.25) is 14.7 Å². The highest BCUT2D eigenvalue weighted by Gasteiger charge is 2.31. The standard InChI is InChI=1S/C27H38N8O3.ClH/c1-27(2,29)24(36)33-7-9-34(10-8-33)25(37)31-23-5-6-35(26(38)32-23)22-4-3-18-13-21(14-19(18)15-22)30-16-17-11-20(28)12-17;/h3-6,15,17,20-21,30H,7-14,16,28-29H2,1-2H3,(H,31,32,37,38);1H. The summed E-state index contributed by atoms with van der Waals surface area (Å²) in [5.41, 5.74) is 13.7. The average Bonchev–Trinajstić information content (AvgIpc) is 3.27. The van der Waals surface area contributed by atoms with Gasteiger partial charge in [0.15, 0.2) is 0 Å². The molecule has 0 radical (unpaired) electrons. The number of urea groups is 1. The number of halogens is 1. The number of carbonyl (C=O) groups excluding carboxylic acids is 2. The van der Waals surface area contributed by atoms with Crippen LogP contribution >= 0.6 is 12.4 Å². The van der Waals surface area contributed by atoms with Crippen molar-refractivity contribution < 1.29 is 9.59 Å². The quantitative estimate of drug-likeness (QED) is 0.410. The number of anilines is 1. The maximum atomic E-state index is 12.8. The van der Waals surface area contributed by atoms with Crippen LogP contribution in [0.25, 0.3) is 5.69 Å². The van der Waals surface area contributed by atoms with E-state index in [-0.39, 0.29) is 30.2 Å². The van der Waals surface area contributed by atoms with E-state index in [2.05, 4.69) is 27.8 Å². The van der Waals surface area contributed by atoms with Crippen LogP contribution in [0.15, 0.2) is 35.3 Å². The van der Waals surface area contributed by atoms with E-state index in [0.29, 0.717) is 44.2 Å². The van der Waals surface area contributed by atoms with E-state index < -0.39 is 11.2 Å². The number of nitrogens with one attached hydrogen (secondary N) is 2. The van der Waals surface area contributed by atoms with Crippen LogP contribution in [-0.4, -0.2) is 81.6 Å². The number of benzene rings is 1. The van der Waals surface area contributed by atoms with Gasteiger partial charge in [-0.15, -0.1) is 12.4 Å². The van der Waals surface area contributed by atoms with Crippen LogP contribution in [0.1, 0.15) is 37.8 Å². The van der Waals surface area contributed by atoms with Gasteiger partial charge in [-0.2, -0.15) is 4.98 Å². The van der Waals surface area contributed by atoms with Crippen molar-refractivity contribution in [2.75, 3.05) is 38.0 Å². The summed E-state index contributed by atoms with van der Waals surface area (Å²) in [7, 11) is 0. The van der Waals surface area contributed by atoms with Gasteiger partial charge in [0, 0.05) is 44.5 Å². The molecule has 12 heteroatoms. The maximum Gasteiger partial charge on any atom is 0.354 e. The maximum absolute atomic E-state index is 12.8. The fourth-order valence-electron chi connectivity index (χ4n) is 5.56. The topological polar surface area (TPSA) is 152 Å². The highest BCUT2D eigenvalue weighted by Crippen LogP contribution is 2.27. The van der Waals surface area contributed by atoms with Crippen LogP contribution in [0.2, 0.25) is 0 Å². The molecule has 2 aromatic rings. The fourth-order valence-corrected chi connectivity index (χ4v) is 5.56. The molecule has 1 saturated heterocycles. The second kappa shape index (κ2) is 11.6. The van der Waals surface area contributed by atoms with E-state index in [9.17, 15) is 14.4 Å². The molecular formula is C27H39ClN8O3. The Labute approximate surface area is 234 Å². The number of hydrogen-bond donors (Lipinski definition) is 4. The van der Waals surface area contributed by atoms with Crippen molar-refractivity contribution in [1.82, 2.24) is 24.7 Å². The molecule has 1 saturated carbocycles. The molecule has 2 fully saturated rings. The Balaban J connectivity index is 0.00000353. The predicted molar refractivity (Wildman–Crippen MR) is 152 cm³/mol. The molecule has 1 aromatic heterocycles. The summed E-state index contributed by atoms with van der Waals surface area (Å²) < 4.78 is 1.49. The Morgan fingerprint density at radius 3 is 2.36 bits per heavy atom. The number of nitrogens with two attached hydrogens (primary N) is 2. The lowest BCUT2D eigenvalue weighted by Crippen LogP contribution is -2.58. The number of carbonyl (C=O) groups is 2. The van der Waals surface area contributed by atoms with Crippen molar-refractivity contribution >= 4 is 30.2 Å². The van der Waals surface area contributed by atoms with Crippen molar-refractivity contribution in [3.8, 4) is 5.69 Å². The van der Waals surface area contributed by atoms with Crippen LogP contribution in [0.4, 0.5) is 10.6 Å². The minimum absolute atomic E-state index is 0. The molecule has 2 heterocycles. The molecule has 1 atom stereocenters. The zero-order chi connectivity index (χ0) is 27.0. The first-order chi connectivity index (χ1) is 18.1. The first-order valence-electron chi connectivity index (χ1n) is 13.4. The van der Waals surface area contributed by atoms with Crippen molar-refractivity contribution in [3.63, 3.8) is 0 Å². The Morgan fingerprint density at radius 1 is 1.05 bits per heavy atom. The summed E-state index contributed by atoms with van der Waals surface area (Å²) in [4.78, 5) is 45.3. The van der Waals surface area contributed by atoms with Gasteiger partial charge in [-0.25, -0.2) is 9.59 Å². The molecule has 5 rings (SSSR count). The number of aromatic nitrogens is 2. The Hall–Kier alpha value is -2.99. The van der Waals surface area contributed by atoms with Gasteiger partial charge in [0.1, 0.15) is 5.82 Å². The number of amides is 3. The van der Waals surface area contributed by atoms with Crippen molar-refractivity contribution in [2.45, 2.75) is 57.2 Å². The zero-order valence-corrected chi connectivity index (χ0v) is 23.4. The van der Waals surface area contributed by atoms with Crippen molar-refractivity contribution in [2.24, 2.45) is 17.4 Å². The third-order valence-electron chi connectivity index (χ3n) is 7.81. The Morgan fingerprint density at radius 2 is 1.72 bits per heavy atom. The molecule has 3 aliphatic rings. The minimum Gasteiger partial charge on any atom is -0.338 e. The van der Waals surface area contributed by atoms with Crippen LogP contribution in [0.5, 0.6) is 0 Å². The fraction of sp³-hybridized carbons (Fsp3) is 0.556. The van der Waals surface area contributed by atoms with Crippen molar-refractivity contribution in [3.05, 3.63) is 52.1 Å². The molecule has 212 valence electrons. The van der Waals surface area contributed by atoms with Gasteiger partial charge < -0.3 is 26.6 Å². The summed E-state index contributed by atoms with van der Waals surface area (Å²) in [5.74, 6) is 0.740. The number of hydrogen-bond acceptors (Lipinski definition) is 7. The van der Waals surface area contributed by atoms with Gasteiger partial charge in [-0.1, -0.05) is 6.07 Å². The third-order valence-corrected chi connectivity index (χ3v) is 7.81. The van der Waals surface area contributed by atoms with Crippen LogP contribution < -0.4 is 27.8 Å². The molecule has 1 unspecified atom stereocenters. The molecule has 2 aliphatic carbocycles. The van der Waals surface area contributed by atoms with E-state index in [0.717, 1.165) is 37.9 Å². The highest BCUT2D eigenvalue weighted by atomic mass is 35.5. The molecule has 3 amide bonds. The van der Waals surface area contributed by atoms with E-state index in [1.807, 2.05) is 6.07 Å². The van der Waals surface area contributed by atoms with E-state index in [1.54, 1.807) is 35.9 Å². The number of piperazine rings is 1. The lowest BCUT2D eigenvalue weighted by molar-refractivity contribution is -0.137. The van der Waals surface area contributed by atoms with Crippen molar-refractivity contribution in [1.29, 1.82) is 0 Å². The predicted octanol–water partition coefficient (Wildman–Crippen LogP) is 0.862. The normalized spacial score (nSPS) is 22.5. The second-order valence-corrected chi connectivity index (χ2v) is 11.5. The molecule has 1 aromatic carbocycles. The first-order valence-corrected chi connectivity index (χ1v) is 13.4. The minimum atomic E-state index is -0.944. The molecule has 11 nitrogen and oxygen atoms in total. The molecule has 1 aliphatic heterocycles. The third kappa shape index (κ3) is 6.60. The van der Waals surface area contributed by atoms with E-state index >= 15 is 0 Å². The van der Waals surface area contributed by atoms with Crippen LogP contribution in [0.3, 0.4) is 0 Å². The van der Waals surface area contributed by atoms with Crippen LogP contribution in [0, 0.1) is 5.92 Å². The lowest BCUT2D eigenvalue weighted by Gasteiger charge is -2.37. The molecule has 39 heavy (non-hydrogen) atoms. The molecule has 6 N–H and O–H groups in total. The second-order valence-electron chi connectivity index (χ2n) is 11.5. The molecular weight excluding hydrogens is 520 g/mol. The smallest absolute Gasteiger partial charge is 0.338 e. The Bertz CT molecular complexity index is 1260. The lowest BCUT2D eigenvalue weighted by atomic mass is 9.81. The highest BCUT2D eigenvalue weighted by molar-refractivity contribution is 5.89. The van der Waals surface area contributed by atoms with Gasteiger partial charge in [0.2, 0.25) is 5.91 Å². The summed E-state index contributed by atoms with van der Waals surface area (Å²) in [6.07, 6.45) is 5.76. The Kier molecular flexibility index (Phi) is 8.65. The average molecular weight is 559 g/mol. The number of rotatable bonds is 6. The van der Waals surface area contributed by atoms with Crippen LogP contribution in [-0.2, 0) is 17.6 Å². The monoisotopic (exact) mass is 558 g/mol. The summed E-state index contributed by atoms with van der Waals surface area (Å²) in [6, 6.07) is 8.13. The van der Waals surface area contributed by atoms with E-state index in [4.69, 9.17) is 11.5 Å². The number of fused-ring (bicyclic) bond motifs is 1.